The predicted molar refractivity (Wildman–Crippen MR) is 66.9 cm³/mol. The fourth-order valence-corrected chi connectivity index (χ4v) is 2.08. The van der Waals surface area contributed by atoms with Crippen LogP contribution in [0.2, 0.25) is 0 Å². The first-order valence-electron chi connectivity index (χ1n) is 5.57. The van der Waals surface area contributed by atoms with E-state index in [0.29, 0.717) is 0 Å². The van der Waals surface area contributed by atoms with E-state index >= 15 is 0 Å². The molecule has 0 bridgehead atoms. The number of rotatable bonds is 6. The molecule has 0 saturated carbocycles. The van der Waals surface area contributed by atoms with Gasteiger partial charge in [-0.25, -0.2) is 0 Å². The Morgan fingerprint density at radius 2 is 2.13 bits per heavy atom. The van der Waals surface area contributed by atoms with Crippen molar-refractivity contribution in [2.45, 2.75) is 39.7 Å². The zero-order chi connectivity index (χ0) is 11.3. The second kappa shape index (κ2) is 6.33. The molecule has 1 heterocycles. The fraction of sp³-hybridized carbons (Fsp3) is 0.667. The normalized spacial score (nSPS) is 13.4. The van der Waals surface area contributed by atoms with Crippen LogP contribution in [0.15, 0.2) is 21.2 Å². The van der Waals surface area contributed by atoms with Crippen molar-refractivity contribution in [3.8, 4) is 0 Å². The molecule has 1 atom stereocenters. The lowest BCUT2D eigenvalue weighted by atomic mass is 10.1. The summed E-state index contributed by atoms with van der Waals surface area (Å²) in [6.07, 6.45) is 4.21. The molecule has 0 amide bonds. The van der Waals surface area contributed by atoms with Crippen molar-refractivity contribution >= 4 is 15.9 Å². The number of halogens is 1. The Morgan fingerprint density at radius 1 is 1.40 bits per heavy atom. The zero-order valence-corrected chi connectivity index (χ0v) is 11.3. The summed E-state index contributed by atoms with van der Waals surface area (Å²) in [6, 6.07) is 2.21. The van der Waals surface area contributed by atoms with Crippen LogP contribution >= 0.6 is 15.9 Å². The van der Waals surface area contributed by atoms with Crippen LogP contribution in [0, 0.1) is 5.92 Å². The van der Waals surface area contributed by atoms with Gasteiger partial charge in [-0.3, -0.25) is 0 Å². The summed E-state index contributed by atoms with van der Waals surface area (Å²) in [5.74, 6) is 1.78. The van der Waals surface area contributed by atoms with Crippen LogP contribution in [-0.2, 0) is 0 Å². The molecule has 0 aliphatic rings. The molecule has 0 aromatic carbocycles. The Labute approximate surface area is 101 Å². The van der Waals surface area contributed by atoms with Crippen LogP contribution in [0.25, 0.3) is 0 Å². The Kier molecular flexibility index (Phi) is 5.40. The number of hydrogen-bond donors (Lipinski definition) is 1. The predicted octanol–water partition coefficient (Wildman–Crippen LogP) is 4.13. The smallest absolute Gasteiger partial charge is 0.134 e. The molecular formula is C12H20BrNO. The molecule has 1 aromatic heterocycles. The van der Waals surface area contributed by atoms with E-state index in [1.807, 2.05) is 6.07 Å². The third-order valence-electron chi connectivity index (χ3n) is 2.45. The summed E-state index contributed by atoms with van der Waals surface area (Å²) in [7, 11) is 0. The van der Waals surface area contributed by atoms with Crippen LogP contribution in [0.5, 0.6) is 0 Å². The molecular weight excluding hydrogens is 254 g/mol. The molecule has 0 saturated heterocycles. The Hall–Kier alpha value is -0.280. The fourth-order valence-electron chi connectivity index (χ4n) is 1.54. The van der Waals surface area contributed by atoms with Crippen molar-refractivity contribution in [1.82, 2.24) is 5.32 Å². The third kappa shape index (κ3) is 4.39. The SMILES string of the molecule is CC(C)CCCNC(C)c1occc1Br. The van der Waals surface area contributed by atoms with Gasteiger partial charge in [0.15, 0.2) is 0 Å². The molecule has 0 aliphatic carbocycles. The van der Waals surface area contributed by atoms with Gasteiger partial charge >= 0.3 is 0 Å². The largest absolute Gasteiger partial charge is 0.466 e. The summed E-state index contributed by atoms with van der Waals surface area (Å²) in [4.78, 5) is 0. The highest BCUT2D eigenvalue weighted by molar-refractivity contribution is 9.10. The highest BCUT2D eigenvalue weighted by Crippen LogP contribution is 2.24. The molecule has 1 N–H and O–H groups in total. The molecule has 3 heteroatoms. The van der Waals surface area contributed by atoms with E-state index in [9.17, 15) is 0 Å². The second-order valence-electron chi connectivity index (χ2n) is 4.34. The molecule has 1 unspecified atom stereocenters. The number of hydrogen-bond acceptors (Lipinski definition) is 2. The van der Waals surface area contributed by atoms with E-state index in [1.54, 1.807) is 6.26 Å². The lowest BCUT2D eigenvalue weighted by molar-refractivity contribution is 0.418. The van der Waals surface area contributed by atoms with Gasteiger partial charge in [0, 0.05) is 0 Å². The van der Waals surface area contributed by atoms with Gasteiger partial charge in [0.1, 0.15) is 5.76 Å². The van der Waals surface area contributed by atoms with Crippen LogP contribution in [0.1, 0.15) is 45.4 Å². The van der Waals surface area contributed by atoms with E-state index in [-0.39, 0.29) is 6.04 Å². The summed E-state index contributed by atoms with van der Waals surface area (Å²) >= 11 is 3.47. The third-order valence-corrected chi connectivity index (χ3v) is 3.10. The standard InChI is InChI=1S/C12H20BrNO/c1-9(2)5-4-7-14-10(3)12-11(13)6-8-15-12/h6,8-10,14H,4-5,7H2,1-3H3. The minimum atomic E-state index is 0.279. The quantitative estimate of drug-likeness (QED) is 0.789. The van der Waals surface area contributed by atoms with Crippen LogP contribution in [0.4, 0.5) is 0 Å². The summed E-state index contributed by atoms with van der Waals surface area (Å²) in [5.41, 5.74) is 0. The highest BCUT2D eigenvalue weighted by atomic mass is 79.9. The maximum atomic E-state index is 5.39. The Bertz CT molecular complexity index is 283. The minimum absolute atomic E-state index is 0.279. The van der Waals surface area contributed by atoms with Crippen LogP contribution in [-0.4, -0.2) is 6.54 Å². The van der Waals surface area contributed by atoms with Gasteiger partial charge in [-0.05, 0) is 54.2 Å². The minimum Gasteiger partial charge on any atom is -0.466 e. The number of furan rings is 1. The average Bonchev–Trinajstić information content (AvgIpc) is 2.58. The Balaban J connectivity index is 2.25. The molecule has 1 rings (SSSR count). The maximum Gasteiger partial charge on any atom is 0.134 e. The molecule has 2 nitrogen and oxygen atoms in total. The monoisotopic (exact) mass is 273 g/mol. The second-order valence-corrected chi connectivity index (χ2v) is 5.20. The van der Waals surface area contributed by atoms with Crippen molar-refractivity contribution in [3.63, 3.8) is 0 Å². The maximum absolute atomic E-state index is 5.39. The van der Waals surface area contributed by atoms with Crippen molar-refractivity contribution < 1.29 is 4.42 Å². The van der Waals surface area contributed by atoms with Crippen LogP contribution in [0.3, 0.4) is 0 Å². The number of nitrogens with one attached hydrogen (secondary N) is 1. The molecule has 1 aromatic rings. The van der Waals surface area contributed by atoms with Crippen molar-refractivity contribution in [3.05, 3.63) is 22.6 Å². The molecule has 0 fully saturated rings. The first kappa shape index (κ1) is 12.8. The summed E-state index contributed by atoms with van der Waals surface area (Å²) in [6.45, 7) is 7.69. The van der Waals surface area contributed by atoms with Crippen molar-refractivity contribution in [2.75, 3.05) is 6.54 Å². The molecule has 86 valence electrons. The van der Waals surface area contributed by atoms with E-state index in [2.05, 4.69) is 42.0 Å². The van der Waals surface area contributed by atoms with Crippen molar-refractivity contribution in [2.24, 2.45) is 5.92 Å². The summed E-state index contributed by atoms with van der Waals surface area (Å²) in [5, 5.41) is 3.46. The molecule has 15 heavy (non-hydrogen) atoms. The van der Waals surface area contributed by atoms with Crippen LogP contribution < -0.4 is 5.32 Å². The lowest BCUT2D eigenvalue weighted by Gasteiger charge is -2.12. The van der Waals surface area contributed by atoms with Gasteiger partial charge in [-0.15, -0.1) is 0 Å². The molecule has 0 radical (unpaired) electrons. The topological polar surface area (TPSA) is 25.2 Å². The van der Waals surface area contributed by atoms with Gasteiger partial charge in [0.05, 0.1) is 16.8 Å². The van der Waals surface area contributed by atoms with E-state index in [4.69, 9.17) is 4.42 Å². The van der Waals surface area contributed by atoms with Gasteiger partial charge in [-0.2, -0.15) is 0 Å². The van der Waals surface area contributed by atoms with E-state index in [1.165, 1.54) is 12.8 Å². The molecule has 0 aliphatic heterocycles. The van der Waals surface area contributed by atoms with Gasteiger partial charge in [0.25, 0.3) is 0 Å². The van der Waals surface area contributed by atoms with Crippen molar-refractivity contribution in [1.29, 1.82) is 0 Å². The first-order chi connectivity index (χ1) is 7.11. The molecule has 0 spiro atoms. The summed E-state index contributed by atoms with van der Waals surface area (Å²) < 4.78 is 6.44. The van der Waals surface area contributed by atoms with E-state index < -0.39 is 0 Å². The first-order valence-corrected chi connectivity index (χ1v) is 6.37. The Morgan fingerprint density at radius 3 is 2.67 bits per heavy atom. The zero-order valence-electron chi connectivity index (χ0n) is 9.72. The lowest BCUT2D eigenvalue weighted by Crippen LogP contribution is -2.20. The van der Waals surface area contributed by atoms with Gasteiger partial charge < -0.3 is 9.73 Å². The van der Waals surface area contributed by atoms with E-state index in [0.717, 1.165) is 22.7 Å². The average molecular weight is 274 g/mol. The highest BCUT2D eigenvalue weighted by Gasteiger charge is 2.11. The van der Waals surface area contributed by atoms with Gasteiger partial charge in [-0.1, -0.05) is 13.8 Å². The van der Waals surface area contributed by atoms with Gasteiger partial charge in [0.2, 0.25) is 0 Å².